The van der Waals surface area contributed by atoms with E-state index in [1.807, 2.05) is 12.1 Å². The maximum Gasteiger partial charge on any atom is 0.155 e. The van der Waals surface area contributed by atoms with Crippen LogP contribution in [0.2, 0.25) is 0 Å². The molecule has 3 nitrogen and oxygen atoms in total. The molecule has 98 valence electrons. The van der Waals surface area contributed by atoms with Crippen LogP contribution < -0.4 is 10.1 Å². The van der Waals surface area contributed by atoms with Gasteiger partial charge in [0.2, 0.25) is 0 Å². The SMILES string of the molecule is CCCC(Oc1cccc(C)c1C)C1=NCCN1. The lowest BCUT2D eigenvalue weighted by atomic mass is 10.1. The van der Waals surface area contributed by atoms with Gasteiger partial charge in [-0.2, -0.15) is 0 Å². The van der Waals surface area contributed by atoms with Crippen LogP contribution in [0.15, 0.2) is 23.2 Å². The quantitative estimate of drug-likeness (QED) is 0.866. The summed E-state index contributed by atoms with van der Waals surface area (Å²) in [5.41, 5.74) is 2.49. The van der Waals surface area contributed by atoms with Crippen LogP contribution >= 0.6 is 0 Å². The van der Waals surface area contributed by atoms with Crippen molar-refractivity contribution in [3.05, 3.63) is 29.3 Å². The molecule has 1 unspecified atom stereocenters. The highest BCUT2D eigenvalue weighted by atomic mass is 16.5. The zero-order chi connectivity index (χ0) is 13.0. The van der Waals surface area contributed by atoms with Gasteiger partial charge in [0.1, 0.15) is 11.6 Å². The zero-order valence-corrected chi connectivity index (χ0v) is 11.5. The summed E-state index contributed by atoms with van der Waals surface area (Å²) in [5.74, 6) is 1.99. The molecule has 1 aliphatic rings. The summed E-state index contributed by atoms with van der Waals surface area (Å²) >= 11 is 0. The van der Waals surface area contributed by atoms with E-state index in [9.17, 15) is 0 Å². The molecule has 0 amide bonds. The van der Waals surface area contributed by atoms with E-state index in [0.29, 0.717) is 0 Å². The molecular weight excluding hydrogens is 224 g/mol. The Morgan fingerprint density at radius 2 is 2.22 bits per heavy atom. The van der Waals surface area contributed by atoms with E-state index in [4.69, 9.17) is 4.74 Å². The molecule has 1 aliphatic heterocycles. The molecule has 0 saturated heterocycles. The second kappa shape index (κ2) is 5.89. The van der Waals surface area contributed by atoms with Gasteiger partial charge in [-0.15, -0.1) is 0 Å². The summed E-state index contributed by atoms with van der Waals surface area (Å²) in [4.78, 5) is 4.48. The second-order valence-corrected chi connectivity index (χ2v) is 4.79. The standard InChI is InChI=1S/C15H22N2O/c1-4-6-14(15-16-9-10-17-15)18-13-8-5-7-11(2)12(13)3/h5,7-8,14H,4,6,9-10H2,1-3H3,(H,16,17). The smallest absolute Gasteiger partial charge is 0.155 e. The third-order valence-corrected chi connectivity index (χ3v) is 3.38. The van der Waals surface area contributed by atoms with Gasteiger partial charge >= 0.3 is 0 Å². The first-order valence-corrected chi connectivity index (χ1v) is 6.73. The fraction of sp³-hybridized carbons (Fsp3) is 0.533. The third kappa shape index (κ3) is 2.84. The molecule has 1 atom stereocenters. The number of nitrogens with one attached hydrogen (secondary N) is 1. The number of rotatable bonds is 5. The summed E-state index contributed by atoms with van der Waals surface area (Å²) in [6.07, 6.45) is 2.16. The Balaban J connectivity index is 2.15. The number of ether oxygens (including phenoxy) is 1. The van der Waals surface area contributed by atoms with Crippen LogP contribution in [0.3, 0.4) is 0 Å². The highest BCUT2D eigenvalue weighted by Crippen LogP contribution is 2.23. The van der Waals surface area contributed by atoms with Crippen LogP contribution in [0.5, 0.6) is 5.75 Å². The van der Waals surface area contributed by atoms with Gasteiger partial charge in [-0.1, -0.05) is 25.5 Å². The summed E-state index contributed by atoms with van der Waals surface area (Å²) in [6.45, 7) is 8.20. The molecule has 1 aromatic carbocycles. The van der Waals surface area contributed by atoms with Crippen molar-refractivity contribution in [2.45, 2.75) is 39.7 Å². The minimum Gasteiger partial charge on any atom is -0.482 e. The van der Waals surface area contributed by atoms with Crippen molar-refractivity contribution < 1.29 is 4.74 Å². The predicted molar refractivity (Wildman–Crippen MR) is 75.5 cm³/mol. The number of hydrogen-bond donors (Lipinski definition) is 1. The normalized spacial score (nSPS) is 16.1. The molecule has 1 N–H and O–H groups in total. The van der Waals surface area contributed by atoms with Crippen molar-refractivity contribution >= 4 is 5.84 Å². The van der Waals surface area contributed by atoms with Gasteiger partial charge in [0, 0.05) is 6.54 Å². The number of aliphatic imine (C=N–C) groups is 1. The lowest BCUT2D eigenvalue weighted by Crippen LogP contribution is -2.35. The van der Waals surface area contributed by atoms with E-state index in [1.165, 1.54) is 11.1 Å². The van der Waals surface area contributed by atoms with Gasteiger partial charge < -0.3 is 10.1 Å². The minimum atomic E-state index is 0.0676. The van der Waals surface area contributed by atoms with Crippen LogP contribution in [-0.2, 0) is 0 Å². The van der Waals surface area contributed by atoms with Crippen molar-refractivity contribution in [3.8, 4) is 5.75 Å². The van der Waals surface area contributed by atoms with E-state index < -0.39 is 0 Å². The van der Waals surface area contributed by atoms with Gasteiger partial charge in [-0.25, -0.2) is 0 Å². The summed E-state index contributed by atoms with van der Waals surface area (Å²) in [5, 5.41) is 3.32. The molecule has 18 heavy (non-hydrogen) atoms. The fourth-order valence-corrected chi connectivity index (χ4v) is 2.15. The zero-order valence-electron chi connectivity index (χ0n) is 11.5. The summed E-state index contributed by atoms with van der Waals surface area (Å²) < 4.78 is 6.16. The highest BCUT2D eigenvalue weighted by Gasteiger charge is 2.20. The predicted octanol–water partition coefficient (Wildman–Crippen LogP) is 2.85. The highest BCUT2D eigenvalue weighted by molar-refractivity contribution is 5.88. The first kappa shape index (κ1) is 12.9. The van der Waals surface area contributed by atoms with Crippen molar-refractivity contribution in [3.63, 3.8) is 0 Å². The van der Waals surface area contributed by atoms with E-state index in [-0.39, 0.29) is 6.10 Å². The largest absolute Gasteiger partial charge is 0.482 e. The molecule has 0 aromatic heterocycles. The Bertz CT molecular complexity index is 440. The molecule has 0 bridgehead atoms. The lowest BCUT2D eigenvalue weighted by molar-refractivity contribution is 0.250. The van der Waals surface area contributed by atoms with Crippen molar-refractivity contribution in [1.29, 1.82) is 0 Å². The number of benzene rings is 1. The third-order valence-electron chi connectivity index (χ3n) is 3.38. The Labute approximate surface area is 109 Å². The van der Waals surface area contributed by atoms with Gasteiger partial charge in [0.25, 0.3) is 0 Å². The van der Waals surface area contributed by atoms with Gasteiger partial charge in [0.05, 0.1) is 6.54 Å². The Kier molecular flexibility index (Phi) is 4.24. The molecule has 3 heteroatoms. The molecule has 0 saturated carbocycles. The maximum absolute atomic E-state index is 6.16. The Morgan fingerprint density at radius 3 is 2.89 bits per heavy atom. The monoisotopic (exact) mass is 246 g/mol. The van der Waals surface area contributed by atoms with E-state index in [1.54, 1.807) is 0 Å². The van der Waals surface area contributed by atoms with E-state index in [2.05, 4.69) is 37.1 Å². The van der Waals surface area contributed by atoms with Gasteiger partial charge in [-0.05, 0) is 37.5 Å². The minimum absolute atomic E-state index is 0.0676. The fourth-order valence-electron chi connectivity index (χ4n) is 2.15. The molecule has 0 fully saturated rings. The van der Waals surface area contributed by atoms with E-state index in [0.717, 1.165) is 37.5 Å². The summed E-state index contributed by atoms with van der Waals surface area (Å²) in [7, 11) is 0. The maximum atomic E-state index is 6.16. The van der Waals surface area contributed by atoms with Crippen LogP contribution in [0.1, 0.15) is 30.9 Å². The average Bonchev–Trinajstić information content (AvgIpc) is 2.88. The lowest BCUT2D eigenvalue weighted by Gasteiger charge is -2.20. The first-order chi connectivity index (χ1) is 8.72. The molecule has 0 aliphatic carbocycles. The number of nitrogens with zero attached hydrogens (tertiary/aromatic N) is 1. The van der Waals surface area contributed by atoms with Crippen LogP contribution in [0.25, 0.3) is 0 Å². The molecular formula is C15H22N2O. The molecule has 0 radical (unpaired) electrons. The molecule has 1 aromatic rings. The van der Waals surface area contributed by atoms with Gasteiger partial charge in [0.15, 0.2) is 6.10 Å². The molecule has 2 rings (SSSR count). The number of hydrogen-bond acceptors (Lipinski definition) is 3. The molecule has 1 heterocycles. The number of amidine groups is 1. The van der Waals surface area contributed by atoms with E-state index >= 15 is 0 Å². The van der Waals surface area contributed by atoms with Crippen molar-refractivity contribution in [2.75, 3.05) is 13.1 Å². The first-order valence-electron chi connectivity index (χ1n) is 6.73. The topological polar surface area (TPSA) is 33.6 Å². The van der Waals surface area contributed by atoms with Crippen LogP contribution in [0, 0.1) is 13.8 Å². The van der Waals surface area contributed by atoms with Crippen molar-refractivity contribution in [1.82, 2.24) is 5.32 Å². The van der Waals surface area contributed by atoms with Crippen molar-refractivity contribution in [2.24, 2.45) is 4.99 Å². The molecule has 0 spiro atoms. The number of aryl methyl sites for hydroxylation is 1. The Morgan fingerprint density at radius 1 is 1.39 bits per heavy atom. The average molecular weight is 246 g/mol. The Hall–Kier alpha value is -1.51. The van der Waals surface area contributed by atoms with Gasteiger partial charge in [-0.3, -0.25) is 4.99 Å². The van der Waals surface area contributed by atoms with Crippen LogP contribution in [-0.4, -0.2) is 25.0 Å². The second-order valence-electron chi connectivity index (χ2n) is 4.79. The van der Waals surface area contributed by atoms with Crippen LogP contribution in [0.4, 0.5) is 0 Å². The summed E-state index contributed by atoms with van der Waals surface area (Å²) in [6, 6.07) is 6.20.